The third-order valence-corrected chi connectivity index (χ3v) is 5.57. The molecule has 2 aromatic rings. The van der Waals surface area contributed by atoms with Gasteiger partial charge in [0.05, 0.1) is 5.69 Å². The number of nitrogens with zero attached hydrogens (tertiary/aromatic N) is 5. The van der Waals surface area contributed by atoms with Crippen LogP contribution in [0, 0.1) is 13.8 Å². The van der Waals surface area contributed by atoms with Crippen LogP contribution in [0.2, 0.25) is 0 Å². The van der Waals surface area contributed by atoms with E-state index in [0.717, 1.165) is 73.9 Å². The van der Waals surface area contributed by atoms with E-state index >= 15 is 0 Å². The number of ether oxygens (including phenoxy) is 1. The molecule has 0 bridgehead atoms. The molecule has 1 amide bonds. The van der Waals surface area contributed by atoms with Crippen LogP contribution in [-0.2, 0) is 16.0 Å². The number of hydrogen-bond acceptors (Lipinski definition) is 5. The molecule has 2 aliphatic heterocycles. The van der Waals surface area contributed by atoms with Crippen LogP contribution in [0.25, 0.3) is 5.65 Å². The highest BCUT2D eigenvalue weighted by molar-refractivity contribution is 5.81. The molecule has 4 rings (SSSR count). The van der Waals surface area contributed by atoms with E-state index in [1.807, 2.05) is 16.3 Å². The fraction of sp³-hybridized carbons (Fsp3) is 0.632. The van der Waals surface area contributed by atoms with Crippen molar-refractivity contribution in [2.75, 3.05) is 37.7 Å². The van der Waals surface area contributed by atoms with E-state index in [0.29, 0.717) is 6.61 Å². The molecule has 0 radical (unpaired) electrons. The summed E-state index contributed by atoms with van der Waals surface area (Å²) in [7, 11) is 0. The van der Waals surface area contributed by atoms with Gasteiger partial charge in [-0.05, 0) is 33.1 Å². The lowest BCUT2D eigenvalue weighted by Crippen LogP contribution is -2.51. The molecule has 4 heterocycles. The van der Waals surface area contributed by atoms with Gasteiger partial charge in [-0.25, -0.2) is 4.98 Å². The summed E-state index contributed by atoms with van der Waals surface area (Å²) in [4.78, 5) is 21.6. The number of aromatic nitrogens is 3. The molecule has 0 aliphatic carbocycles. The first-order valence-corrected chi connectivity index (χ1v) is 9.59. The fourth-order valence-electron chi connectivity index (χ4n) is 3.80. The minimum Gasteiger partial charge on any atom is -0.368 e. The number of carbonyl (C=O) groups excluding carboxylic acids is 1. The predicted octanol–water partition coefficient (Wildman–Crippen LogP) is 1.74. The maximum atomic E-state index is 12.6. The van der Waals surface area contributed by atoms with Crippen molar-refractivity contribution in [2.24, 2.45) is 0 Å². The van der Waals surface area contributed by atoms with Crippen LogP contribution in [0.1, 0.15) is 36.7 Å². The van der Waals surface area contributed by atoms with Gasteiger partial charge in [-0.3, -0.25) is 4.79 Å². The molecule has 7 heteroatoms. The molecule has 140 valence electrons. The number of fused-ring (bicyclic) bond motifs is 1. The van der Waals surface area contributed by atoms with E-state index in [4.69, 9.17) is 14.8 Å². The van der Waals surface area contributed by atoms with E-state index < -0.39 is 0 Å². The molecule has 0 spiro atoms. The van der Waals surface area contributed by atoms with Gasteiger partial charge in [0.15, 0.2) is 5.65 Å². The van der Waals surface area contributed by atoms with Gasteiger partial charge in [-0.1, -0.05) is 6.92 Å². The standard InChI is InChI=1S/C19H27N5O2/c1-4-15-12-17(24-18(20-15)13(2)14(3)21-24)22-7-9-23(10-8-22)19(25)16-6-5-11-26-16/h12,16H,4-11H2,1-3H3. The Labute approximate surface area is 153 Å². The van der Waals surface area contributed by atoms with Gasteiger partial charge in [0.1, 0.15) is 11.9 Å². The topological polar surface area (TPSA) is 63.0 Å². The summed E-state index contributed by atoms with van der Waals surface area (Å²) in [6.07, 6.45) is 2.51. The molecule has 1 atom stereocenters. The molecule has 26 heavy (non-hydrogen) atoms. The molecule has 2 aliphatic rings. The Hall–Kier alpha value is -2.15. The Morgan fingerprint density at radius 1 is 1.27 bits per heavy atom. The molecular weight excluding hydrogens is 330 g/mol. The normalized spacial score (nSPS) is 21.0. The molecule has 7 nitrogen and oxygen atoms in total. The molecule has 0 N–H and O–H groups in total. The molecule has 0 saturated carbocycles. The van der Waals surface area contributed by atoms with Gasteiger partial charge in [0.25, 0.3) is 5.91 Å². The van der Waals surface area contributed by atoms with E-state index in [-0.39, 0.29) is 12.0 Å². The lowest BCUT2D eigenvalue weighted by molar-refractivity contribution is -0.141. The van der Waals surface area contributed by atoms with Gasteiger partial charge in [-0.15, -0.1) is 0 Å². The minimum absolute atomic E-state index is 0.155. The van der Waals surface area contributed by atoms with Crippen LogP contribution < -0.4 is 4.90 Å². The predicted molar refractivity (Wildman–Crippen MR) is 99.6 cm³/mol. The molecular formula is C19H27N5O2. The smallest absolute Gasteiger partial charge is 0.251 e. The SMILES string of the molecule is CCc1cc(N2CCN(C(=O)C3CCCO3)CC2)n2nc(C)c(C)c2n1. The maximum absolute atomic E-state index is 12.6. The van der Waals surface area contributed by atoms with E-state index in [1.54, 1.807) is 0 Å². The van der Waals surface area contributed by atoms with Crippen molar-refractivity contribution in [3.05, 3.63) is 23.0 Å². The molecule has 2 aromatic heterocycles. The Morgan fingerprint density at radius 3 is 2.69 bits per heavy atom. The largest absolute Gasteiger partial charge is 0.368 e. The van der Waals surface area contributed by atoms with Gasteiger partial charge < -0.3 is 14.5 Å². The number of rotatable bonds is 3. The van der Waals surface area contributed by atoms with Crippen LogP contribution in [0.4, 0.5) is 5.82 Å². The maximum Gasteiger partial charge on any atom is 0.251 e. The van der Waals surface area contributed by atoms with Crippen LogP contribution in [0.3, 0.4) is 0 Å². The lowest BCUT2D eigenvalue weighted by atomic mass is 10.2. The number of amides is 1. The average molecular weight is 357 g/mol. The van der Waals surface area contributed by atoms with Gasteiger partial charge in [0.2, 0.25) is 0 Å². The number of aryl methyl sites for hydroxylation is 3. The van der Waals surface area contributed by atoms with Gasteiger partial charge >= 0.3 is 0 Å². The van der Waals surface area contributed by atoms with E-state index in [1.165, 1.54) is 0 Å². The van der Waals surface area contributed by atoms with Crippen LogP contribution >= 0.6 is 0 Å². The molecule has 2 fully saturated rings. The zero-order valence-electron chi connectivity index (χ0n) is 15.9. The Bertz CT molecular complexity index is 817. The zero-order chi connectivity index (χ0) is 18.3. The second-order valence-corrected chi connectivity index (χ2v) is 7.22. The highest BCUT2D eigenvalue weighted by Gasteiger charge is 2.31. The number of hydrogen-bond donors (Lipinski definition) is 0. The highest BCUT2D eigenvalue weighted by Crippen LogP contribution is 2.23. The summed E-state index contributed by atoms with van der Waals surface area (Å²) < 4.78 is 7.52. The second kappa shape index (κ2) is 6.87. The Balaban J connectivity index is 1.55. The van der Waals surface area contributed by atoms with Crippen molar-refractivity contribution in [1.82, 2.24) is 19.5 Å². The molecule has 2 saturated heterocycles. The zero-order valence-corrected chi connectivity index (χ0v) is 15.9. The monoisotopic (exact) mass is 357 g/mol. The summed E-state index contributed by atoms with van der Waals surface area (Å²) in [5.74, 6) is 1.23. The summed E-state index contributed by atoms with van der Waals surface area (Å²) in [5, 5.41) is 4.69. The van der Waals surface area contributed by atoms with Gasteiger partial charge in [-0.2, -0.15) is 9.61 Å². The summed E-state index contributed by atoms with van der Waals surface area (Å²) in [6, 6.07) is 2.14. The summed E-state index contributed by atoms with van der Waals surface area (Å²) in [6.45, 7) is 10.00. The number of anilines is 1. The second-order valence-electron chi connectivity index (χ2n) is 7.22. The third-order valence-electron chi connectivity index (χ3n) is 5.57. The quantitative estimate of drug-likeness (QED) is 0.837. The van der Waals surface area contributed by atoms with Crippen LogP contribution in [0.15, 0.2) is 6.07 Å². The summed E-state index contributed by atoms with van der Waals surface area (Å²) in [5.41, 5.74) is 4.16. The molecule has 0 aromatic carbocycles. The summed E-state index contributed by atoms with van der Waals surface area (Å²) >= 11 is 0. The van der Waals surface area contributed by atoms with Crippen LogP contribution in [0.5, 0.6) is 0 Å². The first-order chi connectivity index (χ1) is 12.6. The number of carbonyl (C=O) groups is 1. The van der Waals surface area contributed by atoms with Crippen molar-refractivity contribution in [1.29, 1.82) is 0 Å². The molecule has 1 unspecified atom stereocenters. The lowest BCUT2D eigenvalue weighted by Gasteiger charge is -2.37. The van der Waals surface area contributed by atoms with Crippen molar-refractivity contribution in [3.63, 3.8) is 0 Å². The first-order valence-electron chi connectivity index (χ1n) is 9.59. The van der Waals surface area contributed by atoms with Gasteiger partial charge in [0, 0.05) is 50.1 Å². The third kappa shape index (κ3) is 2.94. The fourth-order valence-corrected chi connectivity index (χ4v) is 3.80. The first kappa shape index (κ1) is 17.3. The Kier molecular flexibility index (Phi) is 4.56. The van der Waals surface area contributed by atoms with E-state index in [2.05, 4.69) is 24.8 Å². The van der Waals surface area contributed by atoms with Crippen molar-refractivity contribution >= 4 is 17.4 Å². The minimum atomic E-state index is -0.225. The highest BCUT2D eigenvalue weighted by atomic mass is 16.5. The average Bonchev–Trinajstić information content (AvgIpc) is 3.30. The van der Waals surface area contributed by atoms with Crippen molar-refractivity contribution in [2.45, 2.75) is 46.1 Å². The van der Waals surface area contributed by atoms with Crippen molar-refractivity contribution in [3.8, 4) is 0 Å². The van der Waals surface area contributed by atoms with Crippen molar-refractivity contribution < 1.29 is 9.53 Å². The Morgan fingerprint density at radius 2 is 2.04 bits per heavy atom. The van der Waals surface area contributed by atoms with Crippen LogP contribution in [-0.4, -0.2) is 64.3 Å². The number of piperazine rings is 1. The van der Waals surface area contributed by atoms with E-state index in [9.17, 15) is 4.79 Å².